The number of carbonyl (C=O) groups is 1. The number of ether oxygens (including phenoxy) is 2. The molecule has 35 heavy (non-hydrogen) atoms. The topological polar surface area (TPSA) is 78.6 Å². The Bertz CT molecular complexity index is 1500. The number of benzene rings is 2. The average Bonchev–Trinajstić information content (AvgIpc) is 3.27. The largest absolute Gasteiger partial charge is 0.497 e. The van der Waals surface area contributed by atoms with Crippen LogP contribution in [-0.2, 0) is 4.79 Å². The number of hydrogen-bond donors (Lipinski definition) is 0. The summed E-state index contributed by atoms with van der Waals surface area (Å²) in [5.74, 6) is 2.29. The fraction of sp³-hybridized carbons (Fsp3) is 0.286. The SMILES string of the molecule is COc1ccc([C@@H]2C3=C(CC(C)(C)CC3=O)Oc3ncn4nc(-c5ccc(C)cc5)nc4c32)cc1. The van der Waals surface area contributed by atoms with Crippen molar-refractivity contribution in [3.05, 3.63) is 82.9 Å². The van der Waals surface area contributed by atoms with Gasteiger partial charge in [-0.25, -0.2) is 14.5 Å². The van der Waals surface area contributed by atoms with Crippen molar-refractivity contribution < 1.29 is 14.3 Å². The second-order valence-electron chi connectivity index (χ2n) is 10.1. The smallest absolute Gasteiger partial charge is 0.228 e. The van der Waals surface area contributed by atoms with Crippen LogP contribution in [0.5, 0.6) is 11.6 Å². The van der Waals surface area contributed by atoms with Crippen LogP contribution < -0.4 is 9.47 Å². The van der Waals surface area contributed by atoms with Crippen molar-refractivity contribution in [1.29, 1.82) is 0 Å². The van der Waals surface area contributed by atoms with Crippen LogP contribution in [0, 0.1) is 12.3 Å². The van der Waals surface area contributed by atoms with Crippen LogP contribution in [0.2, 0.25) is 0 Å². The van der Waals surface area contributed by atoms with Crippen molar-refractivity contribution in [3.8, 4) is 23.0 Å². The van der Waals surface area contributed by atoms with Crippen molar-refractivity contribution in [3.63, 3.8) is 0 Å². The number of nitrogens with zero attached hydrogens (tertiary/aromatic N) is 4. The number of Topliss-reactive ketones (excluding diaryl/α,β-unsaturated/α-hetero) is 1. The standard InChI is InChI=1S/C28H26N4O3/c1-16-5-7-18(8-6-16)25-30-26-24-22(17-9-11-19(34-4)12-10-17)23-20(33)13-28(2,3)14-21(23)35-27(24)29-15-32(26)31-25/h5-12,15,22H,13-14H2,1-4H3/t22-/m1/s1. The summed E-state index contributed by atoms with van der Waals surface area (Å²) in [4.78, 5) is 23.0. The van der Waals surface area contributed by atoms with E-state index < -0.39 is 0 Å². The molecule has 3 heterocycles. The van der Waals surface area contributed by atoms with Crippen LogP contribution in [0.15, 0.2) is 66.2 Å². The van der Waals surface area contributed by atoms with Gasteiger partial charge in [-0.2, -0.15) is 0 Å². The van der Waals surface area contributed by atoms with Crippen LogP contribution in [0.4, 0.5) is 0 Å². The van der Waals surface area contributed by atoms with Gasteiger partial charge in [0.1, 0.15) is 17.8 Å². The summed E-state index contributed by atoms with van der Waals surface area (Å²) in [6, 6.07) is 15.9. The molecule has 0 amide bonds. The molecule has 4 aromatic rings. The predicted octanol–water partition coefficient (Wildman–Crippen LogP) is 5.28. The number of methoxy groups -OCH3 is 1. The summed E-state index contributed by atoms with van der Waals surface area (Å²) in [7, 11) is 1.64. The van der Waals surface area contributed by atoms with Gasteiger partial charge in [0.05, 0.1) is 12.7 Å². The Morgan fingerprint density at radius 3 is 2.51 bits per heavy atom. The van der Waals surface area contributed by atoms with Gasteiger partial charge in [-0.05, 0) is 30.0 Å². The first kappa shape index (κ1) is 21.5. The van der Waals surface area contributed by atoms with Crippen LogP contribution in [-0.4, -0.2) is 32.5 Å². The van der Waals surface area contributed by atoms with Crippen molar-refractivity contribution in [2.45, 2.75) is 39.5 Å². The second kappa shape index (κ2) is 7.77. The highest BCUT2D eigenvalue weighted by Crippen LogP contribution is 2.50. The highest BCUT2D eigenvalue weighted by atomic mass is 16.5. The molecule has 0 fully saturated rings. The van der Waals surface area contributed by atoms with Crippen LogP contribution in [0.1, 0.15) is 49.3 Å². The average molecular weight is 467 g/mol. The highest BCUT2D eigenvalue weighted by Gasteiger charge is 2.44. The van der Waals surface area contributed by atoms with E-state index in [-0.39, 0.29) is 17.1 Å². The summed E-state index contributed by atoms with van der Waals surface area (Å²) >= 11 is 0. The zero-order valence-corrected chi connectivity index (χ0v) is 20.2. The third-order valence-electron chi connectivity index (χ3n) is 6.82. The van der Waals surface area contributed by atoms with E-state index in [4.69, 9.17) is 14.5 Å². The molecule has 0 unspecified atom stereocenters. The van der Waals surface area contributed by atoms with Gasteiger partial charge in [0.2, 0.25) is 5.88 Å². The quantitative estimate of drug-likeness (QED) is 0.409. The summed E-state index contributed by atoms with van der Waals surface area (Å²) in [5.41, 5.74) is 4.97. The number of aromatic nitrogens is 4. The van der Waals surface area contributed by atoms with Gasteiger partial charge < -0.3 is 9.47 Å². The third kappa shape index (κ3) is 3.58. The molecule has 7 heteroatoms. The Balaban J connectivity index is 1.58. The van der Waals surface area contributed by atoms with Gasteiger partial charge in [0, 0.05) is 29.9 Å². The van der Waals surface area contributed by atoms with Gasteiger partial charge in [-0.3, -0.25) is 4.79 Å². The Hall–Kier alpha value is -4.00. The van der Waals surface area contributed by atoms with Crippen molar-refractivity contribution >= 4 is 11.4 Å². The molecule has 2 aromatic heterocycles. The number of hydrogen-bond acceptors (Lipinski definition) is 6. The lowest BCUT2D eigenvalue weighted by atomic mass is 9.70. The number of rotatable bonds is 3. The second-order valence-corrected chi connectivity index (χ2v) is 10.1. The van der Waals surface area contributed by atoms with Gasteiger partial charge >= 0.3 is 0 Å². The van der Waals surface area contributed by atoms with Crippen molar-refractivity contribution in [1.82, 2.24) is 19.6 Å². The fourth-order valence-electron chi connectivity index (χ4n) is 5.10. The first-order valence-corrected chi connectivity index (χ1v) is 11.7. The molecule has 2 aliphatic rings. The summed E-state index contributed by atoms with van der Waals surface area (Å²) in [5, 5.41) is 4.69. The molecule has 1 atom stereocenters. The Morgan fingerprint density at radius 2 is 1.80 bits per heavy atom. The molecular formula is C28H26N4O3. The van der Waals surface area contributed by atoms with Gasteiger partial charge in [0.15, 0.2) is 17.3 Å². The molecule has 0 radical (unpaired) electrons. The fourth-order valence-corrected chi connectivity index (χ4v) is 5.10. The molecule has 176 valence electrons. The molecule has 6 rings (SSSR count). The molecule has 1 aliphatic carbocycles. The number of carbonyl (C=O) groups excluding carboxylic acids is 1. The first-order valence-electron chi connectivity index (χ1n) is 11.7. The molecule has 0 N–H and O–H groups in total. The molecule has 1 aliphatic heterocycles. The Labute approximate surface area is 203 Å². The molecule has 0 bridgehead atoms. The number of allylic oxidation sites excluding steroid dienone is 2. The number of ketones is 1. The summed E-state index contributed by atoms with van der Waals surface area (Å²) in [6.07, 6.45) is 2.77. The van der Waals surface area contributed by atoms with E-state index in [1.807, 2.05) is 55.5 Å². The number of aryl methyl sites for hydroxylation is 1. The molecule has 2 aromatic carbocycles. The van der Waals surface area contributed by atoms with Gasteiger partial charge in [0.25, 0.3) is 0 Å². The maximum absolute atomic E-state index is 13.5. The van der Waals surface area contributed by atoms with E-state index in [0.717, 1.165) is 22.4 Å². The van der Waals surface area contributed by atoms with E-state index in [0.29, 0.717) is 41.5 Å². The lowest BCUT2D eigenvalue weighted by molar-refractivity contribution is -0.118. The molecule has 0 spiro atoms. The minimum atomic E-state index is -0.352. The minimum Gasteiger partial charge on any atom is -0.497 e. The van der Waals surface area contributed by atoms with Crippen LogP contribution >= 0.6 is 0 Å². The summed E-state index contributed by atoms with van der Waals surface area (Å²) < 4.78 is 13.4. The normalized spacial score (nSPS) is 18.7. The highest BCUT2D eigenvalue weighted by molar-refractivity contribution is 6.00. The first-order chi connectivity index (χ1) is 16.8. The summed E-state index contributed by atoms with van der Waals surface area (Å²) in [6.45, 7) is 6.24. The maximum atomic E-state index is 13.5. The Kier molecular flexibility index (Phi) is 4.78. The van der Waals surface area contributed by atoms with Crippen molar-refractivity contribution in [2.24, 2.45) is 5.41 Å². The monoisotopic (exact) mass is 466 g/mol. The van der Waals surface area contributed by atoms with E-state index in [2.05, 4.69) is 23.9 Å². The number of fused-ring (bicyclic) bond motifs is 3. The Morgan fingerprint density at radius 1 is 1.06 bits per heavy atom. The van der Waals surface area contributed by atoms with Gasteiger partial charge in [-0.15, -0.1) is 5.10 Å². The van der Waals surface area contributed by atoms with E-state index in [9.17, 15) is 4.79 Å². The zero-order valence-electron chi connectivity index (χ0n) is 20.2. The van der Waals surface area contributed by atoms with Crippen molar-refractivity contribution in [2.75, 3.05) is 7.11 Å². The minimum absolute atomic E-state index is 0.1000. The van der Waals surface area contributed by atoms with Gasteiger partial charge in [-0.1, -0.05) is 55.8 Å². The molecule has 7 nitrogen and oxygen atoms in total. The zero-order chi connectivity index (χ0) is 24.3. The molecule has 0 saturated heterocycles. The third-order valence-corrected chi connectivity index (χ3v) is 6.82. The predicted molar refractivity (Wildman–Crippen MR) is 131 cm³/mol. The van der Waals surface area contributed by atoms with E-state index >= 15 is 0 Å². The maximum Gasteiger partial charge on any atom is 0.228 e. The lowest BCUT2D eigenvalue weighted by Gasteiger charge is -2.37. The van der Waals surface area contributed by atoms with E-state index in [1.54, 1.807) is 18.0 Å². The lowest BCUT2D eigenvalue weighted by Crippen LogP contribution is -2.33. The van der Waals surface area contributed by atoms with Crippen LogP contribution in [0.25, 0.3) is 17.0 Å². The molecule has 0 saturated carbocycles. The molecular weight excluding hydrogens is 440 g/mol. The van der Waals surface area contributed by atoms with Crippen LogP contribution in [0.3, 0.4) is 0 Å². The van der Waals surface area contributed by atoms with E-state index in [1.165, 1.54) is 5.56 Å².